The molecule has 1 aliphatic heterocycles. The first kappa shape index (κ1) is 15.0. The van der Waals surface area contributed by atoms with Crippen molar-refractivity contribution in [2.75, 3.05) is 19.6 Å². The van der Waals surface area contributed by atoms with Gasteiger partial charge in [-0.2, -0.15) is 5.26 Å². The summed E-state index contributed by atoms with van der Waals surface area (Å²) in [6, 6.07) is 2.33. The van der Waals surface area contributed by atoms with Crippen LogP contribution in [-0.4, -0.2) is 36.0 Å². The number of nitriles is 1. The van der Waals surface area contributed by atoms with E-state index in [4.69, 9.17) is 5.26 Å². The Balaban J connectivity index is 2.36. The molecule has 0 radical (unpaired) electrons. The molecule has 1 heterocycles. The first-order valence-corrected chi connectivity index (χ1v) is 6.74. The highest BCUT2D eigenvalue weighted by atomic mass is 16.2. The van der Waals surface area contributed by atoms with E-state index < -0.39 is 5.54 Å². The van der Waals surface area contributed by atoms with Gasteiger partial charge in [-0.05, 0) is 47.1 Å². The van der Waals surface area contributed by atoms with Crippen LogP contribution in [0.2, 0.25) is 0 Å². The maximum absolute atomic E-state index is 11.8. The summed E-state index contributed by atoms with van der Waals surface area (Å²) in [7, 11) is 0. The minimum absolute atomic E-state index is 0.117. The molecule has 102 valence electrons. The number of carbonyl (C=O) groups excluding carboxylic acids is 1. The first-order valence-electron chi connectivity index (χ1n) is 6.74. The smallest absolute Gasteiger partial charge is 0.239 e. The zero-order chi connectivity index (χ0) is 13.8. The van der Waals surface area contributed by atoms with Gasteiger partial charge in [-0.15, -0.1) is 0 Å². The van der Waals surface area contributed by atoms with E-state index in [9.17, 15) is 4.79 Å². The maximum Gasteiger partial charge on any atom is 0.239 e. The van der Waals surface area contributed by atoms with E-state index in [-0.39, 0.29) is 11.3 Å². The Kier molecular flexibility index (Phi) is 4.75. The van der Waals surface area contributed by atoms with E-state index in [1.165, 1.54) is 0 Å². The molecule has 1 fully saturated rings. The summed E-state index contributed by atoms with van der Waals surface area (Å²) in [5.74, 6) is 0.117. The molecule has 0 aromatic heterocycles. The highest BCUT2D eigenvalue weighted by Crippen LogP contribution is 2.23. The third-order valence-corrected chi connectivity index (χ3v) is 3.80. The lowest BCUT2D eigenvalue weighted by atomic mass is 9.89. The van der Waals surface area contributed by atoms with Crippen molar-refractivity contribution in [3.8, 4) is 6.07 Å². The quantitative estimate of drug-likeness (QED) is 0.759. The van der Waals surface area contributed by atoms with Crippen molar-refractivity contribution in [2.24, 2.45) is 5.41 Å². The SMILES string of the molecule is CC(C)(C#N)CCCCN1CCNC(=O)C1(C)C. The van der Waals surface area contributed by atoms with Crippen LogP contribution in [-0.2, 0) is 4.79 Å². The number of rotatable bonds is 5. The number of piperazine rings is 1. The van der Waals surface area contributed by atoms with Gasteiger partial charge in [-0.1, -0.05) is 6.42 Å². The van der Waals surface area contributed by atoms with Crippen molar-refractivity contribution in [3.05, 3.63) is 0 Å². The molecule has 0 unspecified atom stereocenters. The number of hydrogen-bond donors (Lipinski definition) is 1. The average Bonchev–Trinajstić information content (AvgIpc) is 2.30. The lowest BCUT2D eigenvalue weighted by Gasteiger charge is -2.41. The topological polar surface area (TPSA) is 56.1 Å². The molecule has 4 heteroatoms. The van der Waals surface area contributed by atoms with Crippen molar-refractivity contribution in [1.29, 1.82) is 5.26 Å². The van der Waals surface area contributed by atoms with Gasteiger partial charge >= 0.3 is 0 Å². The fourth-order valence-electron chi connectivity index (χ4n) is 2.26. The molecule has 0 aliphatic carbocycles. The number of nitrogens with zero attached hydrogens (tertiary/aromatic N) is 2. The molecule has 1 N–H and O–H groups in total. The van der Waals surface area contributed by atoms with Crippen LogP contribution in [0.25, 0.3) is 0 Å². The van der Waals surface area contributed by atoms with Crippen LogP contribution in [0.4, 0.5) is 0 Å². The number of nitrogens with one attached hydrogen (secondary N) is 1. The van der Waals surface area contributed by atoms with Crippen LogP contribution in [0.3, 0.4) is 0 Å². The molecule has 1 amide bonds. The van der Waals surface area contributed by atoms with Gasteiger partial charge < -0.3 is 5.32 Å². The largest absolute Gasteiger partial charge is 0.353 e. The zero-order valence-corrected chi connectivity index (χ0v) is 12.0. The van der Waals surface area contributed by atoms with Gasteiger partial charge in [-0.3, -0.25) is 9.69 Å². The third kappa shape index (κ3) is 3.71. The normalized spacial score (nSPS) is 20.3. The molecule has 0 bridgehead atoms. The van der Waals surface area contributed by atoms with Crippen LogP contribution < -0.4 is 5.32 Å². The Morgan fingerprint density at radius 1 is 1.44 bits per heavy atom. The second-order valence-electron chi connectivity index (χ2n) is 6.25. The van der Waals surface area contributed by atoms with Crippen molar-refractivity contribution >= 4 is 5.91 Å². The second-order valence-corrected chi connectivity index (χ2v) is 6.25. The Morgan fingerprint density at radius 3 is 2.72 bits per heavy atom. The number of amides is 1. The van der Waals surface area contributed by atoms with Gasteiger partial charge in [0.25, 0.3) is 0 Å². The van der Waals surface area contributed by atoms with Crippen molar-refractivity contribution in [3.63, 3.8) is 0 Å². The van der Waals surface area contributed by atoms with Gasteiger partial charge in [0.2, 0.25) is 5.91 Å². The van der Waals surface area contributed by atoms with Crippen molar-refractivity contribution < 1.29 is 4.79 Å². The summed E-state index contributed by atoms with van der Waals surface area (Å²) >= 11 is 0. The fourth-order valence-corrected chi connectivity index (χ4v) is 2.26. The minimum Gasteiger partial charge on any atom is -0.353 e. The summed E-state index contributed by atoms with van der Waals surface area (Å²) in [4.78, 5) is 14.0. The monoisotopic (exact) mass is 251 g/mol. The summed E-state index contributed by atoms with van der Waals surface area (Å²) in [6.07, 6.45) is 3.00. The highest BCUT2D eigenvalue weighted by Gasteiger charge is 2.36. The van der Waals surface area contributed by atoms with E-state index >= 15 is 0 Å². The summed E-state index contributed by atoms with van der Waals surface area (Å²) < 4.78 is 0. The van der Waals surface area contributed by atoms with E-state index in [2.05, 4.69) is 16.3 Å². The van der Waals surface area contributed by atoms with Crippen LogP contribution in [0.15, 0.2) is 0 Å². The highest BCUT2D eigenvalue weighted by molar-refractivity contribution is 5.86. The van der Waals surface area contributed by atoms with E-state index in [0.717, 1.165) is 38.9 Å². The molecule has 0 saturated carbocycles. The predicted octanol–water partition coefficient (Wildman–Crippen LogP) is 1.92. The summed E-state index contributed by atoms with van der Waals surface area (Å²) in [5.41, 5.74) is -0.627. The van der Waals surface area contributed by atoms with Crippen LogP contribution in [0.5, 0.6) is 0 Å². The number of hydrogen-bond acceptors (Lipinski definition) is 3. The standard InChI is InChI=1S/C14H25N3O/c1-13(2,11-15)7-5-6-9-17-10-8-16-12(18)14(17,3)4/h5-10H2,1-4H3,(H,16,18). The lowest BCUT2D eigenvalue weighted by Crippen LogP contribution is -2.61. The molecule has 0 atom stereocenters. The minimum atomic E-state index is -0.400. The number of unbranched alkanes of at least 4 members (excludes halogenated alkanes) is 1. The first-order chi connectivity index (χ1) is 8.29. The maximum atomic E-state index is 11.8. The zero-order valence-electron chi connectivity index (χ0n) is 12.0. The number of carbonyl (C=O) groups is 1. The molecule has 1 rings (SSSR count). The summed E-state index contributed by atoms with van der Waals surface area (Å²) in [6.45, 7) is 10.5. The molecule has 0 aromatic rings. The van der Waals surface area contributed by atoms with E-state index in [0.29, 0.717) is 0 Å². The van der Waals surface area contributed by atoms with Gasteiger partial charge in [0.05, 0.1) is 17.0 Å². The molecule has 0 spiro atoms. The van der Waals surface area contributed by atoms with E-state index in [1.54, 1.807) is 0 Å². The molecule has 18 heavy (non-hydrogen) atoms. The second kappa shape index (κ2) is 5.71. The van der Waals surface area contributed by atoms with Crippen LogP contribution in [0, 0.1) is 16.7 Å². The molecule has 4 nitrogen and oxygen atoms in total. The summed E-state index contributed by atoms with van der Waals surface area (Å²) in [5, 5.41) is 11.8. The van der Waals surface area contributed by atoms with Gasteiger partial charge in [0, 0.05) is 13.1 Å². The average molecular weight is 251 g/mol. The van der Waals surface area contributed by atoms with Gasteiger partial charge in [-0.25, -0.2) is 0 Å². The van der Waals surface area contributed by atoms with Gasteiger partial charge in [0.15, 0.2) is 0 Å². The Labute approximate surface area is 110 Å². The predicted molar refractivity (Wildman–Crippen MR) is 71.9 cm³/mol. The third-order valence-electron chi connectivity index (χ3n) is 3.80. The van der Waals surface area contributed by atoms with Gasteiger partial charge in [0.1, 0.15) is 0 Å². The van der Waals surface area contributed by atoms with Crippen LogP contribution >= 0.6 is 0 Å². The van der Waals surface area contributed by atoms with Crippen molar-refractivity contribution in [1.82, 2.24) is 10.2 Å². The van der Waals surface area contributed by atoms with Crippen LogP contribution in [0.1, 0.15) is 47.0 Å². The Bertz CT molecular complexity index is 341. The Morgan fingerprint density at radius 2 is 2.11 bits per heavy atom. The Hall–Kier alpha value is -1.08. The molecule has 0 aromatic carbocycles. The molecule has 1 saturated heterocycles. The lowest BCUT2D eigenvalue weighted by molar-refractivity contribution is -0.135. The molecule has 1 aliphatic rings. The van der Waals surface area contributed by atoms with E-state index in [1.807, 2.05) is 27.7 Å². The molecular weight excluding hydrogens is 226 g/mol. The fraction of sp³-hybridized carbons (Fsp3) is 0.857. The molecular formula is C14H25N3O. The van der Waals surface area contributed by atoms with Crippen molar-refractivity contribution in [2.45, 2.75) is 52.5 Å².